The third kappa shape index (κ3) is 3.03. The lowest BCUT2D eigenvalue weighted by Crippen LogP contribution is -2.29. The van der Waals surface area contributed by atoms with Crippen LogP contribution in [0.5, 0.6) is 5.75 Å². The fourth-order valence-electron chi connectivity index (χ4n) is 4.41. The summed E-state index contributed by atoms with van der Waals surface area (Å²) in [6.07, 6.45) is 1.56. The van der Waals surface area contributed by atoms with Crippen molar-refractivity contribution in [3.8, 4) is 5.75 Å². The summed E-state index contributed by atoms with van der Waals surface area (Å²) in [4.78, 5) is 28.8. The van der Waals surface area contributed by atoms with Crippen molar-refractivity contribution >= 4 is 16.9 Å². The average molecular weight is 415 g/mol. The van der Waals surface area contributed by atoms with Gasteiger partial charge in [0.25, 0.3) is 5.91 Å². The van der Waals surface area contributed by atoms with E-state index in [4.69, 9.17) is 13.6 Å². The summed E-state index contributed by atoms with van der Waals surface area (Å²) in [5, 5.41) is 0.505. The lowest BCUT2D eigenvalue weighted by Gasteiger charge is -2.24. The van der Waals surface area contributed by atoms with E-state index < -0.39 is 6.04 Å². The van der Waals surface area contributed by atoms with E-state index in [0.717, 1.165) is 16.7 Å². The molecule has 1 unspecified atom stereocenters. The van der Waals surface area contributed by atoms with Gasteiger partial charge < -0.3 is 18.5 Å². The maximum Gasteiger partial charge on any atom is 0.291 e. The van der Waals surface area contributed by atoms with Crippen LogP contribution in [0.2, 0.25) is 0 Å². The monoisotopic (exact) mass is 415 g/mol. The number of rotatable bonds is 4. The Morgan fingerprint density at radius 2 is 1.90 bits per heavy atom. The van der Waals surface area contributed by atoms with Crippen molar-refractivity contribution < 1.29 is 18.4 Å². The molecule has 0 bridgehead atoms. The molecule has 0 saturated heterocycles. The van der Waals surface area contributed by atoms with Crippen LogP contribution in [0.3, 0.4) is 0 Å². The Kier molecular flexibility index (Phi) is 4.43. The Morgan fingerprint density at radius 1 is 1.06 bits per heavy atom. The Bertz CT molecular complexity index is 1370. The molecule has 0 saturated carbocycles. The lowest BCUT2D eigenvalue weighted by atomic mass is 9.96. The van der Waals surface area contributed by atoms with E-state index in [1.165, 1.54) is 0 Å². The van der Waals surface area contributed by atoms with E-state index in [1.54, 1.807) is 36.5 Å². The van der Waals surface area contributed by atoms with E-state index >= 15 is 0 Å². The van der Waals surface area contributed by atoms with Gasteiger partial charge in [0, 0.05) is 0 Å². The summed E-state index contributed by atoms with van der Waals surface area (Å²) in [6, 6.07) is 14.1. The number of aryl methyl sites for hydroxylation is 2. The number of amides is 1. The molecule has 6 heteroatoms. The number of ether oxygens (including phenoxy) is 1. The molecular formula is C25H21NO5. The number of methoxy groups -OCH3 is 1. The topological polar surface area (TPSA) is 72.9 Å². The van der Waals surface area contributed by atoms with Gasteiger partial charge in [0.1, 0.15) is 17.1 Å². The molecule has 2 aromatic carbocycles. The first-order valence-corrected chi connectivity index (χ1v) is 10.0. The van der Waals surface area contributed by atoms with Crippen LogP contribution in [-0.4, -0.2) is 17.9 Å². The molecule has 5 rings (SSSR count). The van der Waals surface area contributed by atoms with Crippen LogP contribution in [0, 0.1) is 13.8 Å². The molecule has 0 spiro atoms. The molecule has 0 radical (unpaired) electrons. The van der Waals surface area contributed by atoms with Gasteiger partial charge in [0.15, 0.2) is 5.43 Å². The molecule has 6 nitrogen and oxygen atoms in total. The maximum absolute atomic E-state index is 13.7. The van der Waals surface area contributed by atoms with Crippen molar-refractivity contribution in [3.63, 3.8) is 0 Å². The van der Waals surface area contributed by atoms with Crippen molar-refractivity contribution in [3.05, 3.63) is 98.8 Å². The van der Waals surface area contributed by atoms with Crippen LogP contribution in [-0.2, 0) is 6.54 Å². The van der Waals surface area contributed by atoms with Crippen molar-refractivity contribution in [2.45, 2.75) is 26.4 Å². The molecule has 0 fully saturated rings. The number of fused-ring (bicyclic) bond motifs is 2. The van der Waals surface area contributed by atoms with E-state index in [2.05, 4.69) is 0 Å². The molecule has 0 aliphatic carbocycles. The minimum atomic E-state index is -0.607. The molecule has 1 atom stereocenters. The highest BCUT2D eigenvalue weighted by Gasteiger charge is 2.43. The van der Waals surface area contributed by atoms with Crippen LogP contribution in [0.25, 0.3) is 11.0 Å². The SMILES string of the molecule is COc1cccc(C2c3c(oc4cc(C)cc(C)c4c3=O)C(=O)N2Cc2ccco2)c1. The van der Waals surface area contributed by atoms with Crippen molar-refractivity contribution in [1.29, 1.82) is 0 Å². The number of carbonyl (C=O) groups excluding carboxylic acids is 1. The highest BCUT2D eigenvalue weighted by atomic mass is 16.5. The Labute approximate surface area is 178 Å². The van der Waals surface area contributed by atoms with Gasteiger partial charge in [-0.1, -0.05) is 18.2 Å². The zero-order chi connectivity index (χ0) is 21.7. The third-order valence-electron chi connectivity index (χ3n) is 5.73. The number of benzene rings is 2. The van der Waals surface area contributed by atoms with Gasteiger partial charge in [-0.25, -0.2) is 0 Å². The molecule has 31 heavy (non-hydrogen) atoms. The molecule has 3 heterocycles. The van der Waals surface area contributed by atoms with Crippen LogP contribution >= 0.6 is 0 Å². The predicted molar refractivity (Wildman–Crippen MR) is 115 cm³/mol. The Morgan fingerprint density at radius 3 is 2.65 bits per heavy atom. The van der Waals surface area contributed by atoms with E-state index in [1.807, 2.05) is 44.2 Å². The van der Waals surface area contributed by atoms with Gasteiger partial charge in [-0.05, 0) is 60.9 Å². The zero-order valence-electron chi connectivity index (χ0n) is 17.5. The second-order valence-electron chi connectivity index (χ2n) is 7.82. The van der Waals surface area contributed by atoms with Crippen molar-refractivity contribution in [2.24, 2.45) is 0 Å². The van der Waals surface area contributed by atoms with Gasteiger partial charge >= 0.3 is 0 Å². The molecule has 4 aromatic rings. The zero-order valence-corrected chi connectivity index (χ0v) is 17.5. The standard InChI is InChI=1S/C25H21NO5/c1-14-10-15(2)20-19(11-14)31-24-21(23(20)27)22(16-6-4-7-17(12-16)29-3)26(25(24)28)13-18-8-5-9-30-18/h4-12,22H,13H2,1-3H3. The van der Waals surface area contributed by atoms with Gasteiger partial charge in [0.05, 0.1) is 36.9 Å². The minimum Gasteiger partial charge on any atom is -0.497 e. The molecule has 0 N–H and O–H groups in total. The fourth-order valence-corrected chi connectivity index (χ4v) is 4.41. The summed E-state index contributed by atoms with van der Waals surface area (Å²) in [7, 11) is 1.58. The van der Waals surface area contributed by atoms with E-state index in [0.29, 0.717) is 28.0 Å². The molecule has 156 valence electrons. The summed E-state index contributed by atoms with van der Waals surface area (Å²) in [6.45, 7) is 4.03. The number of carbonyl (C=O) groups is 1. The third-order valence-corrected chi connectivity index (χ3v) is 5.73. The summed E-state index contributed by atoms with van der Waals surface area (Å²) in [5.41, 5.74) is 3.16. The number of nitrogens with zero attached hydrogens (tertiary/aromatic N) is 1. The van der Waals surface area contributed by atoms with E-state index in [9.17, 15) is 9.59 Å². The molecular weight excluding hydrogens is 394 g/mol. The van der Waals surface area contributed by atoms with Gasteiger partial charge in [-0.2, -0.15) is 0 Å². The van der Waals surface area contributed by atoms with E-state index in [-0.39, 0.29) is 23.6 Å². The number of hydrogen-bond donors (Lipinski definition) is 0. The van der Waals surface area contributed by atoms with Crippen molar-refractivity contribution in [2.75, 3.05) is 7.11 Å². The lowest BCUT2D eigenvalue weighted by molar-refractivity contribution is 0.0701. The predicted octanol–water partition coefficient (Wildman–Crippen LogP) is 4.76. The van der Waals surface area contributed by atoms with Gasteiger partial charge in [0.2, 0.25) is 5.76 Å². The second-order valence-corrected chi connectivity index (χ2v) is 7.82. The summed E-state index contributed by atoms with van der Waals surface area (Å²) in [5.74, 6) is 1.02. The van der Waals surface area contributed by atoms with Gasteiger partial charge in [-0.15, -0.1) is 0 Å². The van der Waals surface area contributed by atoms with Crippen LogP contribution in [0.1, 0.15) is 44.6 Å². The number of furan rings is 1. The number of hydrogen-bond acceptors (Lipinski definition) is 5. The average Bonchev–Trinajstić information content (AvgIpc) is 3.35. The first-order chi connectivity index (χ1) is 15.0. The highest BCUT2D eigenvalue weighted by Crippen LogP contribution is 2.40. The Balaban J connectivity index is 1.78. The fraction of sp³-hybridized carbons (Fsp3) is 0.200. The van der Waals surface area contributed by atoms with Crippen molar-refractivity contribution in [1.82, 2.24) is 4.90 Å². The summed E-state index contributed by atoms with van der Waals surface area (Å²) >= 11 is 0. The molecule has 1 aliphatic rings. The first kappa shape index (κ1) is 19.2. The van der Waals surface area contributed by atoms with Gasteiger partial charge in [-0.3, -0.25) is 9.59 Å². The van der Waals surface area contributed by atoms with Crippen LogP contribution in [0.4, 0.5) is 0 Å². The van der Waals surface area contributed by atoms with Crippen LogP contribution in [0.15, 0.2) is 68.4 Å². The largest absolute Gasteiger partial charge is 0.497 e. The highest BCUT2D eigenvalue weighted by molar-refractivity contribution is 5.99. The smallest absolute Gasteiger partial charge is 0.291 e. The Hall–Kier alpha value is -3.80. The minimum absolute atomic E-state index is 0.0851. The normalized spacial score (nSPS) is 15.5. The van der Waals surface area contributed by atoms with Crippen LogP contribution < -0.4 is 10.2 Å². The maximum atomic E-state index is 13.7. The molecule has 1 aliphatic heterocycles. The first-order valence-electron chi connectivity index (χ1n) is 10.0. The molecule has 1 amide bonds. The quantitative estimate of drug-likeness (QED) is 0.481. The second kappa shape index (κ2) is 7.16. The molecule has 2 aromatic heterocycles. The summed E-state index contributed by atoms with van der Waals surface area (Å²) < 4.78 is 16.9.